The summed E-state index contributed by atoms with van der Waals surface area (Å²) in [4.78, 5) is 16.5. The van der Waals surface area contributed by atoms with Crippen molar-refractivity contribution in [3.8, 4) is 16.3 Å². The number of carboxylic acid groups (broad SMARTS) is 1. The standard InChI is InChI=1S/C27H25N2O5PS/c1-16-8-13-23(17(2)14-16)35(32,33-3)29-25-24(27(30)31)36-26(28-25)19-11-9-18(10-12-19)22-15-20-6-4-5-7-21(20)34-22/h4-14,22H,15H2,1-3H3,(H,29,32)(H,30,31). The van der Waals surface area contributed by atoms with Crippen LogP contribution >= 0.6 is 18.9 Å². The summed E-state index contributed by atoms with van der Waals surface area (Å²) in [7, 11) is -2.28. The second kappa shape index (κ2) is 9.54. The van der Waals surface area contributed by atoms with Crippen molar-refractivity contribution < 1.29 is 23.7 Å². The molecule has 4 aromatic rings. The maximum absolute atomic E-state index is 13.7. The third-order valence-electron chi connectivity index (χ3n) is 6.18. The SMILES string of the molecule is COP(=O)(Nc1nc(-c2ccc(C3Cc4ccccc4O3)cc2)sc1C(=O)O)c1ccc(C)cc1C. The molecule has 0 saturated heterocycles. The van der Waals surface area contributed by atoms with Gasteiger partial charge in [-0.15, -0.1) is 11.3 Å². The smallest absolute Gasteiger partial charge is 0.349 e. The van der Waals surface area contributed by atoms with Gasteiger partial charge in [0, 0.05) is 19.1 Å². The summed E-state index contributed by atoms with van der Waals surface area (Å²) >= 11 is 1.02. The van der Waals surface area contributed by atoms with Crippen LogP contribution < -0.4 is 15.1 Å². The highest BCUT2D eigenvalue weighted by molar-refractivity contribution is 7.68. The lowest BCUT2D eigenvalue weighted by Gasteiger charge is -2.20. The van der Waals surface area contributed by atoms with Crippen molar-refractivity contribution >= 4 is 35.9 Å². The maximum Gasteiger partial charge on any atom is 0.349 e. The predicted octanol–water partition coefficient (Wildman–Crippen LogP) is 6.38. The lowest BCUT2D eigenvalue weighted by atomic mass is 10.0. The normalized spacial score (nSPS) is 16.1. The Morgan fingerprint density at radius 2 is 1.89 bits per heavy atom. The molecule has 0 amide bonds. The van der Waals surface area contributed by atoms with Crippen LogP contribution in [0.2, 0.25) is 0 Å². The first-order chi connectivity index (χ1) is 17.3. The van der Waals surface area contributed by atoms with Gasteiger partial charge >= 0.3 is 13.5 Å². The molecule has 2 atom stereocenters. The molecule has 1 aliphatic rings. The van der Waals surface area contributed by atoms with Crippen LogP contribution in [-0.4, -0.2) is 23.2 Å². The molecule has 0 radical (unpaired) electrons. The van der Waals surface area contributed by atoms with E-state index in [9.17, 15) is 14.5 Å². The number of carboxylic acids is 1. The first-order valence-electron chi connectivity index (χ1n) is 11.4. The minimum atomic E-state index is -3.61. The van der Waals surface area contributed by atoms with Gasteiger partial charge in [-0.05, 0) is 42.7 Å². The van der Waals surface area contributed by atoms with E-state index in [0.29, 0.717) is 10.3 Å². The molecule has 184 valence electrons. The fourth-order valence-electron chi connectivity index (χ4n) is 4.35. The summed E-state index contributed by atoms with van der Waals surface area (Å²) in [5, 5.41) is 13.6. The summed E-state index contributed by atoms with van der Waals surface area (Å²) in [6.45, 7) is 3.79. The van der Waals surface area contributed by atoms with Crippen molar-refractivity contribution in [3.05, 3.63) is 93.9 Å². The van der Waals surface area contributed by atoms with Gasteiger partial charge in [0.1, 0.15) is 16.9 Å². The highest BCUT2D eigenvalue weighted by Gasteiger charge is 2.31. The predicted molar refractivity (Wildman–Crippen MR) is 142 cm³/mol. The Morgan fingerprint density at radius 3 is 2.56 bits per heavy atom. The molecule has 36 heavy (non-hydrogen) atoms. The molecule has 2 unspecified atom stereocenters. The highest BCUT2D eigenvalue weighted by atomic mass is 32.1. The second-order valence-electron chi connectivity index (χ2n) is 8.68. The van der Waals surface area contributed by atoms with E-state index in [1.807, 2.05) is 68.4 Å². The Bertz CT molecular complexity index is 1470. The van der Waals surface area contributed by atoms with E-state index in [-0.39, 0.29) is 16.8 Å². The topological polar surface area (TPSA) is 97.8 Å². The molecule has 3 aromatic carbocycles. The number of aromatic carboxylic acids is 1. The molecule has 2 N–H and O–H groups in total. The molecule has 1 aromatic heterocycles. The van der Waals surface area contributed by atoms with Gasteiger partial charge in [-0.3, -0.25) is 9.65 Å². The zero-order valence-electron chi connectivity index (χ0n) is 20.0. The molecule has 7 nitrogen and oxygen atoms in total. The van der Waals surface area contributed by atoms with Crippen molar-refractivity contribution in [2.24, 2.45) is 0 Å². The van der Waals surface area contributed by atoms with Crippen LogP contribution in [0.1, 0.15) is 38.0 Å². The van der Waals surface area contributed by atoms with Gasteiger partial charge in [0.15, 0.2) is 10.7 Å². The van der Waals surface area contributed by atoms with Crippen LogP contribution in [0.25, 0.3) is 10.6 Å². The van der Waals surface area contributed by atoms with Gasteiger partial charge in [-0.1, -0.05) is 60.2 Å². The van der Waals surface area contributed by atoms with Crippen LogP contribution in [-0.2, 0) is 15.5 Å². The van der Waals surface area contributed by atoms with Crippen LogP contribution in [0.4, 0.5) is 5.82 Å². The number of rotatable bonds is 7. The van der Waals surface area contributed by atoms with Crippen molar-refractivity contribution in [2.45, 2.75) is 26.4 Å². The van der Waals surface area contributed by atoms with Crippen LogP contribution in [0.3, 0.4) is 0 Å². The van der Waals surface area contributed by atoms with Crippen LogP contribution in [0.15, 0.2) is 66.7 Å². The Balaban J connectivity index is 1.43. The maximum atomic E-state index is 13.7. The Morgan fingerprint density at radius 1 is 1.14 bits per heavy atom. The van der Waals surface area contributed by atoms with Gasteiger partial charge < -0.3 is 14.4 Å². The summed E-state index contributed by atoms with van der Waals surface area (Å²) in [5.74, 6) is -0.232. The van der Waals surface area contributed by atoms with Gasteiger partial charge in [0.2, 0.25) is 0 Å². The van der Waals surface area contributed by atoms with E-state index < -0.39 is 13.5 Å². The van der Waals surface area contributed by atoms with Crippen molar-refractivity contribution in [1.29, 1.82) is 0 Å². The van der Waals surface area contributed by atoms with E-state index in [2.05, 4.69) is 16.1 Å². The van der Waals surface area contributed by atoms with E-state index in [4.69, 9.17) is 9.26 Å². The highest BCUT2D eigenvalue weighted by Crippen LogP contribution is 2.47. The van der Waals surface area contributed by atoms with Gasteiger partial charge in [-0.2, -0.15) is 0 Å². The zero-order valence-corrected chi connectivity index (χ0v) is 21.7. The van der Waals surface area contributed by atoms with Gasteiger partial charge in [-0.25, -0.2) is 9.78 Å². The molecular formula is C27H25N2O5PS. The fourth-order valence-corrected chi connectivity index (χ4v) is 6.94. The number of hydrogen-bond donors (Lipinski definition) is 2. The minimum absolute atomic E-state index is 0.0197. The largest absolute Gasteiger partial charge is 0.485 e. The van der Waals surface area contributed by atoms with Crippen molar-refractivity contribution in [1.82, 2.24) is 4.98 Å². The fraction of sp³-hybridized carbons (Fsp3) is 0.185. The lowest BCUT2D eigenvalue weighted by molar-refractivity contribution is 0.0703. The van der Waals surface area contributed by atoms with Gasteiger partial charge in [0.05, 0.1) is 5.30 Å². The van der Waals surface area contributed by atoms with E-state index in [1.54, 1.807) is 6.07 Å². The number of fused-ring (bicyclic) bond motifs is 1. The Hall–Kier alpha value is -3.45. The summed E-state index contributed by atoms with van der Waals surface area (Å²) in [6.07, 6.45) is 0.735. The third-order valence-corrected chi connectivity index (χ3v) is 9.43. The van der Waals surface area contributed by atoms with Crippen LogP contribution in [0.5, 0.6) is 5.75 Å². The Labute approximate surface area is 213 Å². The first kappa shape index (κ1) is 24.3. The summed E-state index contributed by atoms with van der Waals surface area (Å²) in [5.41, 5.74) is 4.78. The molecule has 0 fully saturated rings. The second-order valence-corrected chi connectivity index (χ2v) is 11.9. The van der Waals surface area contributed by atoms with E-state index in [1.165, 1.54) is 12.7 Å². The molecule has 9 heteroatoms. The molecular weight excluding hydrogens is 495 g/mol. The average molecular weight is 521 g/mol. The number of nitrogens with zero attached hydrogens (tertiary/aromatic N) is 1. The summed E-state index contributed by atoms with van der Waals surface area (Å²) in [6, 6.07) is 21.2. The summed E-state index contributed by atoms with van der Waals surface area (Å²) < 4.78 is 25.2. The molecule has 2 heterocycles. The van der Waals surface area contributed by atoms with E-state index in [0.717, 1.165) is 45.8 Å². The third kappa shape index (κ3) is 4.55. The number of aromatic nitrogens is 1. The molecule has 0 aliphatic carbocycles. The number of carbonyl (C=O) groups is 1. The molecule has 0 bridgehead atoms. The first-order valence-corrected chi connectivity index (χ1v) is 13.8. The molecule has 0 saturated carbocycles. The van der Waals surface area contributed by atoms with Crippen molar-refractivity contribution in [3.63, 3.8) is 0 Å². The minimum Gasteiger partial charge on any atom is -0.485 e. The number of anilines is 1. The molecule has 5 rings (SSSR count). The molecule has 0 spiro atoms. The number of aryl methyl sites for hydroxylation is 2. The number of thiazole rings is 1. The zero-order chi connectivity index (χ0) is 25.4. The van der Waals surface area contributed by atoms with E-state index >= 15 is 0 Å². The molecule has 1 aliphatic heterocycles. The van der Waals surface area contributed by atoms with Gasteiger partial charge in [0.25, 0.3) is 0 Å². The number of hydrogen-bond acceptors (Lipinski definition) is 6. The average Bonchev–Trinajstić information content (AvgIpc) is 3.48. The number of ether oxygens (including phenoxy) is 1. The number of benzene rings is 3. The number of para-hydroxylation sites is 1. The monoisotopic (exact) mass is 520 g/mol. The van der Waals surface area contributed by atoms with Crippen molar-refractivity contribution in [2.75, 3.05) is 12.2 Å². The lowest BCUT2D eigenvalue weighted by Crippen LogP contribution is -2.17. The quantitative estimate of drug-likeness (QED) is 0.273. The van der Waals surface area contributed by atoms with Crippen LogP contribution in [0, 0.1) is 13.8 Å². The Kier molecular flexibility index (Phi) is 6.43. The number of nitrogens with one attached hydrogen (secondary N) is 1.